The quantitative estimate of drug-likeness (QED) is 0.764. The highest BCUT2D eigenvalue weighted by Crippen LogP contribution is 2.28. The Balaban J connectivity index is 1.56. The molecule has 1 aliphatic rings. The molecule has 2 aromatic rings. The van der Waals surface area contributed by atoms with Crippen LogP contribution in [-0.4, -0.2) is 24.3 Å². The molecule has 0 aliphatic carbocycles. The molecule has 1 unspecified atom stereocenters. The molecule has 0 amide bonds. The van der Waals surface area contributed by atoms with E-state index in [9.17, 15) is 9.50 Å². The third-order valence-electron chi connectivity index (χ3n) is 5.47. The van der Waals surface area contributed by atoms with Crippen molar-refractivity contribution in [2.75, 3.05) is 23.7 Å². The lowest BCUT2D eigenvalue weighted by Crippen LogP contribution is -2.34. The number of hydrogen-bond donors (Lipinski definition) is 2. The van der Waals surface area contributed by atoms with Crippen molar-refractivity contribution >= 4 is 11.4 Å². The van der Waals surface area contributed by atoms with Crippen LogP contribution in [0.25, 0.3) is 0 Å². The van der Waals surface area contributed by atoms with E-state index in [4.69, 9.17) is 5.73 Å². The van der Waals surface area contributed by atoms with E-state index in [0.29, 0.717) is 12.3 Å². The summed E-state index contributed by atoms with van der Waals surface area (Å²) in [6.07, 6.45) is 4.31. The summed E-state index contributed by atoms with van der Waals surface area (Å²) in [5.74, 6) is 0.476. The second-order valence-electron chi connectivity index (χ2n) is 7.41. The minimum atomic E-state index is -0.328. The van der Waals surface area contributed by atoms with Gasteiger partial charge in [0.25, 0.3) is 0 Å². The average molecular weight is 356 g/mol. The van der Waals surface area contributed by atoms with Crippen LogP contribution in [0.5, 0.6) is 0 Å². The topological polar surface area (TPSA) is 49.5 Å². The molecule has 1 fully saturated rings. The highest BCUT2D eigenvalue weighted by Gasteiger charge is 2.20. The third-order valence-corrected chi connectivity index (χ3v) is 5.47. The number of nitrogen functional groups attached to an aromatic ring is 1. The van der Waals surface area contributed by atoms with Crippen LogP contribution in [0, 0.1) is 11.7 Å². The summed E-state index contributed by atoms with van der Waals surface area (Å²) in [7, 11) is 0. The number of nitrogens with two attached hydrogens (primary N) is 1. The van der Waals surface area contributed by atoms with Crippen LogP contribution >= 0.6 is 0 Å². The summed E-state index contributed by atoms with van der Waals surface area (Å²) < 4.78 is 13.0. The SMILES string of the molecule is CCC(O)Cc1ccc(N2CCC(Cc3ccc(F)cc3)CC2)cc1N. The summed E-state index contributed by atoms with van der Waals surface area (Å²) in [5, 5.41) is 9.83. The van der Waals surface area contributed by atoms with Gasteiger partial charge >= 0.3 is 0 Å². The van der Waals surface area contributed by atoms with Crippen LogP contribution in [0.4, 0.5) is 15.8 Å². The Morgan fingerprint density at radius 3 is 2.46 bits per heavy atom. The number of aliphatic hydroxyl groups excluding tert-OH is 1. The van der Waals surface area contributed by atoms with Crippen LogP contribution in [0.3, 0.4) is 0 Å². The van der Waals surface area contributed by atoms with Crippen LogP contribution in [0.1, 0.15) is 37.3 Å². The van der Waals surface area contributed by atoms with Gasteiger partial charge < -0.3 is 15.7 Å². The third kappa shape index (κ3) is 4.76. The first-order valence-corrected chi connectivity index (χ1v) is 9.61. The standard InChI is InChI=1S/C22H29FN2O/c1-2-21(26)14-18-5-8-20(15-22(18)24)25-11-9-17(10-12-25)13-16-3-6-19(23)7-4-16/h3-8,15,17,21,26H,2,9-14,24H2,1H3. The van der Waals surface area contributed by atoms with E-state index in [1.807, 2.05) is 31.2 Å². The van der Waals surface area contributed by atoms with Crippen molar-refractivity contribution in [2.45, 2.75) is 45.1 Å². The lowest BCUT2D eigenvalue weighted by Gasteiger charge is -2.34. The maximum absolute atomic E-state index is 13.0. The van der Waals surface area contributed by atoms with E-state index in [2.05, 4.69) is 11.0 Å². The van der Waals surface area contributed by atoms with Crippen molar-refractivity contribution in [1.82, 2.24) is 0 Å². The number of piperidine rings is 1. The molecule has 3 N–H and O–H groups in total. The van der Waals surface area contributed by atoms with Gasteiger partial charge in [-0.3, -0.25) is 0 Å². The summed E-state index contributed by atoms with van der Waals surface area (Å²) in [6.45, 7) is 4.01. The molecule has 0 saturated carbocycles. The number of hydrogen-bond acceptors (Lipinski definition) is 3. The monoisotopic (exact) mass is 356 g/mol. The molecular formula is C22H29FN2O. The van der Waals surface area contributed by atoms with Crippen molar-refractivity contribution in [3.63, 3.8) is 0 Å². The normalized spacial score (nSPS) is 16.7. The van der Waals surface area contributed by atoms with Gasteiger partial charge in [-0.15, -0.1) is 0 Å². The molecule has 4 heteroatoms. The molecule has 3 nitrogen and oxygen atoms in total. The smallest absolute Gasteiger partial charge is 0.123 e. The Morgan fingerprint density at radius 1 is 1.15 bits per heavy atom. The van der Waals surface area contributed by atoms with E-state index in [0.717, 1.165) is 55.7 Å². The highest BCUT2D eigenvalue weighted by atomic mass is 19.1. The molecular weight excluding hydrogens is 327 g/mol. The van der Waals surface area contributed by atoms with Gasteiger partial charge in [-0.25, -0.2) is 4.39 Å². The van der Waals surface area contributed by atoms with Crippen LogP contribution in [0.15, 0.2) is 42.5 Å². The minimum Gasteiger partial charge on any atom is -0.398 e. The molecule has 3 rings (SSSR count). The van der Waals surface area contributed by atoms with Gasteiger partial charge in [-0.2, -0.15) is 0 Å². The number of halogens is 1. The second-order valence-corrected chi connectivity index (χ2v) is 7.41. The van der Waals surface area contributed by atoms with Crippen molar-refractivity contribution in [1.29, 1.82) is 0 Å². The first-order valence-electron chi connectivity index (χ1n) is 9.61. The van der Waals surface area contributed by atoms with Crippen LogP contribution in [-0.2, 0) is 12.8 Å². The molecule has 1 aliphatic heterocycles. The van der Waals surface area contributed by atoms with Gasteiger partial charge in [0.15, 0.2) is 0 Å². The number of aliphatic hydroxyl groups is 1. The Kier molecular flexibility index (Phi) is 6.15. The molecule has 1 heterocycles. The van der Waals surface area contributed by atoms with Crippen molar-refractivity contribution in [3.05, 3.63) is 59.4 Å². The predicted octanol–water partition coefficient (Wildman–Crippen LogP) is 4.18. The van der Waals surface area contributed by atoms with Crippen molar-refractivity contribution in [3.8, 4) is 0 Å². The van der Waals surface area contributed by atoms with Crippen molar-refractivity contribution < 1.29 is 9.50 Å². The van der Waals surface area contributed by atoms with E-state index < -0.39 is 0 Å². The predicted molar refractivity (Wildman–Crippen MR) is 106 cm³/mol. The van der Waals surface area contributed by atoms with E-state index >= 15 is 0 Å². The summed E-state index contributed by atoms with van der Waals surface area (Å²) in [6, 6.07) is 13.1. The zero-order valence-electron chi connectivity index (χ0n) is 15.5. The maximum atomic E-state index is 13.0. The molecule has 2 aromatic carbocycles. The molecule has 26 heavy (non-hydrogen) atoms. The van der Waals surface area contributed by atoms with Gasteiger partial charge in [0.2, 0.25) is 0 Å². The Labute approximate surface area is 155 Å². The minimum absolute atomic E-state index is 0.170. The molecule has 0 aromatic heterocycles. The number of nitrogens with zero attached hydrogens (tertiary/aromatic N) is 1. The van der Waals surface area contributed by atoms with Gasteiger partial charge in [-0.1, -0.05) is 25.1 Å². The van der Waals surface area contributed by atoms with Gasteiger partial charge in [0.1, 0.15) is 5.82 Å². The largest absolute Gasteiger partial charge is 0.398 e. The fourth-order valence-corrected chi connectivity index (χ4v) is 3.71. The number of anilines is 2. The zero-order valence-corrected chi connectivity index (χ0v) is 15.5. The van der Waals surface area contributed by atoms with E-state index in [1.165, 1.54) is 5.56 Å². The highest BCUT2D eigenvalue weighted by molar-refractivity contribution is 5.60. The first-order chi connectivity index (χ1) is 12.5. The summed E-state index contributed by atoms with van der Waals surface area (Å²) in [5.41, 5.74) is 10.4. The molecule has 0 spiro atoms. The molecule has 140 valence electrons. The zero-order chi connectivity index (χ0) is 18.5. The Morgan fingerprint density at radius 2 is 1.85 bits per heavy atom. The fraction of sp³-hybridized carbons (Fsp3) is 0.455. The van der Waals surface area contributed by atoms with Crippen molar-refractivity contribution in [2.24, 2.45) is 5.92 Å². The summed E-state index contributed by atoms with van der Waals surface area (Å²) >= 11 is 0. The number of benzene rings is 2. The first kappa shape index (κ1) is 18.7. The molecule has 1 saturated heterocycles. The molecule has 0 radical (unpaired) electrons. The van der Waals surface area contributed by atoms with Crippen LogP contribution in [0.2, 0.25) is 0 Å². The van der Waals surface area contributed by atoms with E-state index in [-0.39, 0.29) is 11.9 Å². The van der Waals surface area contributed by atoms with Crippen LogP contribution < -0.4 is 10.6 Å². The number of rotatable bonds is 6. The Hall–Kier alpha value is -2.07. The molecule has 1 atom stereocenters. The lowest BCUT2D eigenvalue weighted by atomic mass is 9.90. The fourth-order valence-electron chi connectivity index (χ4n) is 3.71. The Bertz CT molecular complexity index is 709. The summed E-state index contributed by atoms with van der Waals surface area (Å²) in [4.78, 5) is 2.39. The average Bonchev–Trinajstić information content (AvgIpc) is 2.66. The maximum Gasteiger partial charge on any atom is 0.123 e. The molecule has 0 bridgehead atoms. The van der Waals surface area contributed by atoms with Gasteiger partial charge in [0.05, 0.1) is 6.10 Å². The van der Waals surface area contributed by atoms with Gasteiger partial charge in [-0.05, 0) is 67.0 Å². The second kappa shape index (κ2) is 8.54. The van der Waals surface area contributed by atoms with E-state index in [1.54, 1.807) is 12.1 Å². The van der Waals surface area contributed by atoms with Gasteiger partial charge in [0, 0.05) is 30.9 Å². The lowest BCUT2D eigenvalue weighted by molar-refractivity contribution is 0.171.